The molecule has 0 aliphatic carbocycles. The van der Waals surface area contributed by atoms with Gasteiger partial charge in [0.1, 0.15) is 5.75 Å². The van der Waals surface area contributed by atoms with Gasteiger partial charge in [0, 0.05) is 18.8 Å². The van der Waals surface area contributed by atoms with E-state index >= 15 is 0 Å². The number of nitrogens with one attached hydrogen (secondary N) is 1. The van der Waals surface area contributed by atoms with E-state index in [-0.39, 0.29) is 5.97 Å². The normalized spacial score (nSPS) is 17.0. The second kappa shape index (κ2) is 2.94. The number of ether oxygens (including phenoxy) is 1. The highest BCUT2D eigenvalue weighted by molar-refractivity contribution is 6.21. The molecule has 0 fully saturated rings. The van der Waals surface area contributed by atoms with E-state index in [4.69, 9.17) is 4.74 Å². The van der Waals surface area contributed by atoms with Crippen molar-refractivity contribution in [2.75, 3.05) is 7.05 Å². The van der Waals surface area contributed by atoms with Gasteiger partial charge in [0.05, 0.1) is 5.57 Å². The summed E-state index contributed by atoms with van der Waals surface area (Å²) in [5, 5.41) is 2.82. The molecule has 1 aliphatic heterocycles. The van der Waals surface area contributed by atoms with Crippen LogP contribution in [-0.4, -0.2) is 13.0 Å². The summed E-state index contributed by atoms with van der Waals surface area (Å²) >= 11 is 0. The maximum absolute atomic E-state index is 11.3. The van der Waals surface area contributed by atoms with Crippen molar-refractivity contribution in [1.82, 2.24) is 5.32 Å². The molecule has 1 aromatic carbocycles. The molecule has 0 atom stereocenters. The molecule has 66 valence electrons. The molecule has 13 heavy (non-hydrogen) atoms. The second-order valence-corrected chi connectivity index (χ2v) is 2.73. The van der Waals surface area contributed by atoms with Crippen LogP contribution in [0.4, 0.5) is 0 Å². The van der Waals surface area contributed by atoms with Crippen LogP contribution in [0.5, 0.6) is 5.75 Å². The molecule has 0 bridgehead atoms. The molecule has 3 heteroatoms. The zero-order valence-corrected chi connectivity index (χ0v) is 7.20. The number of carbonyl (C=O) groups is 1. The van der Waals surface area contributed by atoms with Crippen molar-refractivity contribution in [2.45, 2.75) is 0 Å². The van der Waals surface area contributed by atoms with Crippen LogP contribution in [0.2, 0.25) is 0 Å². The average molecular weight is 175 g/mol. The van der Waals surface area contributed by atoms with Gasteiger partial charge in [-0.15, -0.1) is 0 Å². The first kappa shape index (κ1) is 7.86. The lowest BCUT2D eigenvalue weighted by molar-refractivity contribution is -0.127. The Morgan fingerprint density at radius 3 is 2.92 bits per heavy atom. The molecule has 0 saturated heterocycles. The van der Waals surface area contributed by atoms with Crippen LogP contribution in [0.3, 0.4) is 0 Å². The predicted molar refractivity (Wildman–Crippen MR) is 49.1 cm³/mol. The summed E-state index contributed by atoms with van der Waals surface area (Å²) in [6, 6.07) is 7.37. The van der Waals surface area contributed by atoms with Crippen LogP contribution >= 0.6 is 0 Å². The van der Waals surface area contributed by atoms with Crippen molar-refractivity contribution in [2.24, 2.45) is 0 Å². The lowest BCUT2D eigenvalue weighted by atomic mass is 10.1. The lowest BCUT2D eigenvalue weighted by Gasteiger charge is -1.93. The topological polar surface area (TPSA) is 38.3 Å². The van der Waals surface area contributed by atoms with Crippen LogP contribution < -0.4 is 10.1 Å². The van der Waals surface area contributed by atoms with Gasteiger partial charge < -0.3 is 10.1 Å². The standard InChI is InChI=1S/C10H9NO2/c1-11-6-8-7-4-2-3-5-9(7)13-10(8)12/h2-6,11H,1H3. The highest BCUT2D eigenvalue weighted by atomic mass is 16.5. The van der Waals surface area contributed by atoms with Gasteiger partial charge in [0.25, 0.3) is 0 Å². The van der Waals surface area contributed by atoms with E-state index in [0.717, 1.165) is 5.56 Å². The SMILES string of the molecule is CNC=C1C(=O)Oc2ccccc21. The minimum Gasteiger partial charge on any atom is -0.422 e. The van der Waals surface area contributed by atoms with Crippen molar-refractivity contribution in [3.8, 4) is 5.75 Å². The number of para-hydroxylation sites is 1. The minimum absolute atomic E-state index is 0.296. The van der Waals surface area contributed by atoms with Crippen molar-refractivity contribution in [3.63, 3.8) is 0 Å². The molecule has 0 amide bonds. The molecule has 0 unspecified atom stereocenters. The summed E-state index contributed by atoms with van der Waals surface area (Å²) in [6.45, 7) is 0. The van der Waals surface area contributed by atoms with Gasteiger partial charge in [0.2, 0.25) is 0 Å². The highest BCUT2D eigenvalue weighted by Gasteiger charge is 2.25. The largest absolute Gasteiger partial charge is 0.422 e. The first-order valence-electron chi connectivity index (χ1n) is 4.02. The summed E-state index contributed by atoms with van der Waals surface area (Å²) in [5.74, 6) is 0.338. The van der Waals surface area contributed by atoms with E-state index in [1.807, 2.05) is 18.2 Å². The molecule has 2 rings (SSSR count). The molecule has 1 heterocycles. The zero-order chi connectivity index (χ0) is 9.26. The predicted octanol–water partition coefficient (Wildman–Crippen LogP) is 1.17. The third-order valence-corrected chi connectivity index (χ3v) is 1.89. The van der Waals surface area contributed by atoms with Gasteiger partial charge in [-0.3, -0.25) is 0 Å². The molecule has 1 aliphatic rings. The Kier molecular flexibility index (Phi) is 1.77. The first-order valence-corrected chi connectivity index (χ1v) is 4.02. The number of rotatable bonds is 1. The van der Waals surface area contributed by atoms with E-state index < -0.39 is 0 Å². The van der Waals surface area contributed by atoms with E-state index in [0.29, 0.717) is 11.3 Å². The number of benzene rings is 1. The molecule has 0 spiro atoms. The minimum atomic E-state index is -0.296. The lowest BCUT2D eigenvalue weighted by Crippen LogP contribution is -2.04. The Balaban J connectivity index is 2.53. The van der Waals surface area contributed by atoms with Gasteiger partial charge in [-0.05, 0) is 6.07 Å². The Bertz CT molecular complexity index is 382. The monoisotopic (exact) mass is 175 g/mol. The van der Waals surface area contributed by atoms with Crippen LogP contribution in [-0.2, 0) is 4.79 Å². The van der Waals surface area contributed by atoms with E-state index in [9.17, 15) is 4.79 Å². The fourth-order valence-electron chi connectivity index (χ4n) is 1.32. The van der Waals surface area contributed by atoms with Crippen LogP contribution in [0, 0.1) is 0 Å². The van der Waals surface area contributed by atoms with Gasteiger partial charge >= 0.3 is 5.97 Å². The number of esters is 1. The van der Waals surface area contributed by atoms with Crippen molar-refractivity contribution < 1.29 is 9.53 Å². The molecule has 1 N–H and O–H groups in total. The molecule has 0 saturated carbocycles. The van der Waals surface area contributed by atoms with Crippen molar-refractivity contribution >= 4 is 11.5 Å². The van der Waals surface area contributed by atoms with E-state index in [2.05, 4.69) is 5.32 Å². The third-order valence-electron chi connectivity index (χ3n) is 1.89. The smallest absolute Gasteiger partial charge is 0.345 e. The summed E-state index contributed by atoms with van der Waals surface area (Å²) in [4.78, 5) is 11.3. The van der Waals surface area contributed by atoms with Gasteiger partial charge in [-0.2, -0.15) is 0 Å². The van der Waals surface area contributed by atoms with Crippen molar-refractivity contribution in [1.29, 1.82) is 0 Å². The number of fused-ring (bicyclic) bond motifs is 1. The summed E-state index contributed by atoms with van der Waals surface area (Å²) in [7, 11) is 1.75. The van der Waals surface area contributed by atoms with E-state index in [1.165, 1.54) is 0 Å². The van der Waals surface area contributed by atoms with Gasteiger partial charge in [0.15, 0.2) is 0 Å². The molecule has 3 nitrogen and oxygen atoms in total. The molecule has 0 radical (unpaired) electrons. The summed E-state index contributed by atoms with van der Waals surface area (Å²) < 4.78 is 5.02. The molecule has 0 aromatic heterocycles. The number of hydrogen-bond acceptors (Lipinski definition) is 3. The maximum atomic E-state index is 11.3. The third kappa shape index (κ3) is 1.18. The Morgan fingerprint density at radius 2 is 2.15 bits per heavy atom. The average Bonchev–Trinajstić information content (AvgIpc) is 2.44. The van der Waals surface area contributed by atoms with Crippen molar-refractivity contribution in [3.05, 3.63) is 36.0 Å². The fraction of sp³-hybridized carbons (Fsp3) is 0.100. The highest BCUT2D eigenvalue weighted by Crippen LogP contribution is 2.32. The number of hydrogen-bond donors (Lipinski definition) is 1. The zero-order valence-electron chi connectivity index (χ0n) is 7.20. The quantitative estimate of drug-likeness (QED) is 0.395. The molecular formula is C10H9NO2. The Hall–Kier alpha value is -1.77. The van der Waals surface area contributed by atoms with Crippen LogP contribution in [0.15, 0.2) is 30.5 Å². The van der Waals surface area contributed by atoms with Gasteiger partial charge in [-0.1, -0.05) is 18.2 Å². The fourth-order valence-corrected chi connectivity index (χ4v) is 1.32. The number of carbonyl (C=O) groups excluding carboxylic acids is 1. The van der Waals surface area contributed by atoms with E-state index in [1.54, 1.807) is 19.3 Å². The molecule has 1 aromatic rings. The molecular weight excluding hydrogens is 166 g/mol. The first-order chi connectivity index (χ1) is 6.33. The maximum Gasteiger partial charge on any atom is 0.345 e. The summed E-state index contributed by atoms with van der Waals surface area (Å²) in [6.07, 6.45) is 1.65. The Labute approximate surface area is 76.0 Å². The summed E-state index contributed by atoms with van der Waals surface area (Å²) in [5.41, 5.74) is 1.43. The second-order valence-electron chi connectivity index (χ2n) is 2.73. The van der Waals surface area contributed by atoms with Crippen LogP contribution in [0.1, 0.15) is 5.56 Å². The van der Waals surface area contributed by atoms with Crippen LogP contribution in [0.25, 0.3) is 5.57 Å². The Morgan fingerprint density at radius 1 is 1.38 bits per heavy atom. The van der Waals surface area contributed by atoms with Gasteiger partial charge in [-0.25, -0.2) is 4.79 Å².